The number of carboxylic acid groups (broad SMARTS) is 1. The van der Waals surface area contributed by atoms with E-state index in [1.807, 2.05) is 6.07 Å². The summed E-state index contributed by atoms with van der Waals surface area (Å²) in [5.74, 6) is -0.846. The Morgan fingerprint density at radius 1 is 1.33 bits per heavy atom. The third kappa shape index (κ3) is 2.13. The zero-order chi connectivity index (χ0) is 11.0. The molecule has 0 atom stereocenters. The van der Waals surface area contributed by atoms with Crippen molar-refractivity contribution in [1.82, 2.24) is 0 Å². The van der Waals surface area contributed by atoms with Gasteiger partial charge in [0.2, 0.25) is 0 Å². The smallest absolute Gasteiger partial charge is 0.345 e. The van der Waals surface area contributed by atoms with Crippen molar-refractivity contribution in [3.8, 4) is 0 Å². The second kappa shape index (κ2) is 3.83. The summed E-state index contributed by atoms with van der Waals surface area (Å²) >= 11 is 2.92. The molecular formula is C10H11NO2S2. The quantitative estimate of drug-likeness (QED) is 0.865. The molecule has 15 heavy (non-hydrogen) atoms. The van der Waals surface area contributed by atoms with Crippen LogP contribution in [0.1, 0.15) is 23.5 Å². The molecule has 3 nitrogen and oxygen atoms in total. The van der Waals surface area contributed by atoms with Crippen LogP contribution in [0.4, 0.5) is 5.00 Å². The second-order valence-corrected chi connectivity index (χ2v) is 5.72. The maximum Gasteiger partial charge on any atom is 0.345 e. The van der Waals surface area contributed by atoms with Crippen LogP contribution < -0.4 is 5.32 Å². The fraction of sp³-hybridized carbons (Fsp3) is 0.300. The third-order valence-electron chi connectivity index (χ3n) is 1.85. The van der Waals surface area contributed by atoms with E-state index in [0.29, 0.717) is 10.9 Å². The van der Waals surface area contributed by atoms with E-state index in [1.54, 1.807) is 17.4 Å². The number of fused-ring (bicyclic) bond motifs is 1. The van der Waals surface area contributed by atoms with Gasteiger partial charge in [-0.2, -0.15) is 0 Å². The lowest BCUT2D eigenvalue weighted by Gasteiger charge is -2.05. The minimum absolute atomic E-state index is 0.400. The molecule has 0 fully saturated rings. The SMILES string of the molecule is CC(C)Nc1cc2sc(C(=O)O)cc2s1. The number of rotatable bonds is 3. The molecule has 2 heterocycles. The zero-order valence-corrected chi connectivity index (χ0v) is 10.0. The summed E-state index contributed by atoms with van der Waals surface area (Å²) < 4.78 is 2.08. The maximum atomic E-state index is 10.7. The van der Waals surface area contributed by atoms with E-state index in [-0.39, 0.29) is 0 Å². The largest absolute Gasteiger partial charge is 0.477 e. The van der Waals surface area contributed by atoms with E-state index >= 15 is 0 Å². The van der Waals surface area contributed by atoms with E-state index in [0.717, 1.165) is 14.4 Å². The molecular weight excluding hydrogens is 230 g/mol. The number of thiophene rings is 2. The highest BCUT2D eigenvalue weighted by Crippen LogP contribution is 2.36. The van der Waals surface area contributed by atoms with Crippen LogP contribution in [0.5, 0.6) is 0 Å². The number of nitrogens with one attached hydrogen (secondary N) is 1. The average molecular weight is 241 g/mol. The number of carbonyl (C=O) groups is 1. The molecule has 0 amide bonds. The van der Waals surface area contributed by atoms with Crippen LogP contribution in [0.3, 0.4) is 0 Å². The summed E-state index contributed by atoms with van der Waals surface area (Å²) in [6, 6.07) is 4.15. The molecule has 0 radical (unpaired) electrons. The van der Waals surface area contributed by atoms with Gasteiger partial charge < -0.3 is 10.4 Å². The maximum absolute atomic E-state index is 10.7. The Kier molecular flexibility index (Phi) is 2.67. The van der Waals surface area contributed by atoms with Crippen LogP contribution in [-0.2, 0) is 0 Å². The summed E-state index contributed by atoms with van der Waals surface area (Å²) in [4.78, 5) is 11.1. The van der Waals surface area contributed by atoms with E-state index < -0.39 is 5.97 Å². The van der Waals surface area contributed by atoms with Crippen molar-refractivity contribution in [2.45, 2.75) is 19.9 Å². The Morgan fingerprint density at radius 2 is 2.00 bits per heavy atom. The summed E-state index contributed by atoms with van der Waals surface area (Å²) in [5.41, 5.74) is 0. The normalized spacial score (nSPS) is 11.1. The van der Waals surface area contributed by atoms with Gasteiger partial charge in [-0.15, -0.1) is 22.7 Å². The first-order valence-electron chi connectivity index (χ1n) is 4.59. The second-order valence-electron chi connectivity index (χ2n) is 3.55. The molecule has 0 saturated carbocycles. The number of hydrogen-bond acceptors (Lipinski definition) is 4. The van der Waals surface area contributed by atoms with Gasteiger partial charge in [-0.05, 0) is 26.0 Å². The van der Waals surface area contributed by atoms with Gasteiger partial charge in [-0.1, -0.05) is 0 Å². The van der Waals surface area contributed by atoms with Crippen molar-refractivity contribution in [3.05, 3.63) is 17.0 Å². The highest BCUT2D eigenvalue weighted by molar-refractivity contribution is 7.30. The molecule has 2 N–H and O–H groups in total. The van der Waals surface area contributed by atoms with Gasteiger partial charge >= 0.3 is 5.97 Å². The first kappa shape index (κ1) is 10.4. The molecule has 0 saturated heterocycles. The van der Waals surface area contributed by atoms with Crippen molar-refractivity contribution >= 4 is 43.0 Å². The molecule has 2 rings (SSSR count). The molecule has 80 valence electrons. The molecule has 0 aromatic carbocycles. The predicted octanol–water partition coefficient (Wildman–Crippen LogP) is 3.48. The Bertz CT molecular complexity index is 467. The van der Waals surface area contributed by atoms with Crippen molar-refractivity contribution in [3.63, 3.8) is 0 Å². The fourth-order valence-electron chi connectivity index (χ4n) is 1.30. The Labute approximate surface area is 95.4 Å². The third-order valence-corrected chi connectivity index (χ3v) is 4.06. The van der Waals surface area contributed by atoms with Gasteiger partial charge in [-0.25, -0.2) is 4.79 Å². The predicted molar refractivity (Wildman–Crippen MR) is 65.4 cm³/mol. The van der Waals surface area contributed by atoms with Crippen LogP contribution in [0.15, 0.2) is 12.1 Å². The van der Waals surface area contributed by atoms with Gasteiger partial charge in [0.15, 0.2) is 0 Å². The fourth-order valence-corrected chi connectivity index (χ4v) is 3.58. The topological polar surface area (TPSA) is 49.3 Å². The van der Waals surface area contributed by atoms with Crippen molar-refractivity contribution in [1.29, 1.82) is 0 Å². The van der Waals surface area contributed by atoms with Crippen LogP contribution in [0, 0.1) is 0 Å². The number of anilines is 1. The summed E-state index contributed by atoms with van der Waals surface area (Å²) in [7, 11) is 0. The molecule has 0 aliphatic heterocycles. The van der Waals surface area contributed by atoms with E-state index in [4.69, 9.17) is 5.11 Å². The number of carboxylic acids is 1. The van der Waals surface area contributed by atoms with Gasteiger partial charge in [0.25, 0.3) is 0 Å². The van der Waals surface area contributed by atoms with Crippen LogP contribution in [0.2, 0.25) is 0 Å². The molecule has 0 unspecified atom stereocenters. The van der Waals surface area contributed by atoms with Crippen LogP contribution in [-0.4, -0.2) is 17.1 Å². The van der Waals surface area contributed by atoms with Gasteiger partial charge in [0.1, 0.15) is 4.88 Å². The van der Waals surface area contributed by atoms with Crippen LogP contribution in [0.25, 0.3) is 9.40 Å². The first-order valence-corrected chi connectivity index (χ1v) is 6.23. The van der Waals surface area contributed by atoms with E-state index in [9.17, 15) is 4.79 Å². The Balaban J connectivity index is 2.34. The molecule has 0 aliphatic rings. The molecule has 0 aliphatic carbocycles. The van der Waals surface area contributed by atoms with Gasteiger partial charge in [0, 0.05) is 15.4 Å². The first-order chi connectivity index (χ1) is 7.06. The van der Waals surface area contributed by atoms with E-state index in [2.05, 4.69) is 19.2 Å². The lowest BCUT2D eigenvalue weighted by molar-refractivity contribution is 0.0702. The van der Waals surface area contributed by atoms with Gasteiger partial charge in [0.05, 0.1) is 5.00 Å². The van der Waals surface area contributed by atoms with Crippen LogP contribution >= 0.6 is 22.7 Å². The molecule has 2 aromatic heterocycles. The standard InChI is InChI=1S/C10H11NO2S2/c1-5(2)11-9-4-7-6(15-9)3-8(14-7)10(12)13/h3-5,11H,1-2H3,(H,12,13). The molecule has 0 bridgehead atoms. The monoisotopic (exact) mass is 241 g/mol. The number of hydrogen-bond donors (Lipinski definition) is 2. The molecule has 0 spiro atoms. The van der Waals surface area contributed by atoms with Crippen molar-refractivity contribution in [2.75, 3.05) is 5.32 Å². The minimum atomic E-state index is -0.846. The minimum Gasteiger partial charge on any atom is -0.477 e. The summed E-state index contributed by atoms with van der Waals surface area (Å²) in [5, 5.41) is 13.2. The summed E-state index contributed by atoms with van der Waals surface area (Å²) in [6.45, 7) is 4.16. The average Bonchev–Trinajstić information content (AvgIpc) is 2.58. The van der Waals surface area contributed by atoms with E-state index in [1.165, 1.54) is 11.3 Å². The zero-order valence-electron chi connectivity index (χ0n) is 8.40. The lowest BCUT2D eigenvalue weighted by atomic mass is 10.4. The van der Waals surface area contributed by atoms with Crippen molar-refractivity contribution in [2.24, 2.45) is 0 Å². The highest BCUT2D eigenvalue weighted by atomic mass is 32.1. The summed E-state index contributed by atoms with van der Waals surface area (Å²) in [6.07, 6.45) is 0. The number of aromatic carboxylic acids is 1. The molecule has 2 aromatic rings. The van der Waals surface area contributed by atoms with Gasteiger partial charge in [-0.3, -0.25) is 0 Å². The lowest BCUT2D eigenvalue weighted by Crippen LogP contribution is -2.07. The Hall–Kier alpha value is -1.07. The Morgan fingerprint density at radius 3 is 2.53 bits per heavy atom. The molecule has 5 heteroatoms. The highest BCUT2D eigenvalue weighted by Gasteiger charge is 2.11. The van der Waals surface area contributed by atoms with Crippen molar-refractivity contribution < 1.29 is 9.90 Å².